The van der Waals surface area contributed by atoms with Crippen molar-refractivity contribution in [2.24, 2.45) is 5.92 Å². The van der Waals surface area contributed by atoms with Crippen LogP contribution in [0, 0.1) is 5.92 Å². The Morgan fingerprint density at radius 1 is 1.26 bits per heavy atom. The van der Waals surface area contributed by atoms with Crippen molar-refractivity contribution < 1.29 is 8.42 Å². The normalized spacial score (nSPS) is 12.8. The van der Waals surface area contributed by atoms with E-state index in [4.69, 9.17) is 5.73 Å². The van der Waals surface area contributed by atoms with Crippen LogP contribution in [0.1, 0.15) is 40.5 Å². The molecule has 0 aliphatic heterocycles. The van der Waals surface area contributed by atoms with E-state index >= 15 is 0 Å². The zero-order chi connectivity index (χ0) is 14.6. The van der Waals surface area contributed by atoms with Crippen LogP contribution in [0.15, 0.2) is 4.34 Å². The van der Waals surface area contributed by atoms with Gasteiger partial charge in [0.05, 0.1) is 0 Å². The van der Waals surface area contributed by atoms with E-state index in [9.17, 15) is 8.42 Å². The van der Waals surface area contributed by atoms with Gasteiger partial charge in [-0.3, -0.25) is 0 Å². The second-order valence-electron chi connectivity index (χ2n) is 4.85. The van der Waals surface area contributed by atoms with E-state index in [-0.39, 0.29) is 21.4 Å². The number of anilines is 1. The summed E-state index contributed by atoms with van der Waals surface area (Å²) in [5.74, 6) is 0.251. The molecule has 1 heterocycles. The third kappa shape index (κ3) is 3.87. The summed E-state index contributed by atoms with van der Waals surface area (Å²) in [5.41, 5.74) is 5.48. The monoisotopic (exact) mass is 306 g/mol. The summed E-state index contributed by atoms with van der Waals surface area (Å²) in [6, 6.07) is -0.0162. The highest BCUT2D eigenvalue weighted by atomic mass is 32.2. The predicted octanol–water partition coefficient (Wildman–Crippen LogP) is 1.96. The van der Waals surface area contributed by atoms with E-state index in [2.05, 4.69) is 10.2 Å². The van der Waals surface area contributed by atoms with Crippen molar-refractivity contribution in [3.05, 3.63) is 0 Å². The van der Waals surface area contributed by atoms with E-state index in [0.717, 1.165) is 24.2 Å². The molecule has 0 atom stereocenters. The molecule has 6 nitrogen and oxygen atoms in total. The Balaban J connectivity index is 3.15. The highest BCUT2D eigenvalue weighted by Gasteiger charge is 2.33. The molecule has 0 aliphatic rings. The van der Waals surface area contributed by atoms with Gasteiger partial charge in [0.2, 0.25) is 9.47 Å². The van der Waals surface area contributed by atoms with Crippen LogP contribution in [-0.4, -0.2) is 35.5 Å². The number of sulfonamides is 1. The van der Waals surface area contributed by atoms with Crippen LogP contribution < -0.4 is 5.73 Å². The van der Waals surface area contributed by atoms with Crippen molar-refractivity contribution in [1.29, 1.82) is 0 Å². The Kier molecular flexibility index (Phi) is 5.69. The molecule has 0 spiro atoms. The Morgan fingerprint density at radius 2 is 1.84 bits per heavy atom. The van der Waals surface area contributed by atoms with Gasteiger partial charge < -0.3 is 5.73 Å². The van der Waals surface area contributed by atoms with Gasteiger partial charge in [-0.05, 0) is 18.8 Å². The summed E-state index contributed by atoms with van der Waals surface area (Å²) in [7, 11) is -3.60. The van der Waals surface area contributed by atoms with Gasteiger partial charge in [-0.1, -0.05) is 39.0 Å². The first kappa shape index (κ1) is 16.3. The minimum atomic E-state index is -3.60. The number of hydrogen-bond donors (Lipinski definition) is 1. The van der Waals surface area contributed by atoms with Gasteiger partial charge in [-0.15, -0.1) is 10.2 Å². The molecule has 19 heavy (non-hydrogen) atoms. The molecular formula is C11H22N4O2S2. The Bertz CT molecular complexity index is 495. The fraction of sp³-hybridized carbons (Fsp3) is 0.818. The molecule has 0 amide bonds. The van der Waals surface area contributed by atoms with Gasteiger partial charge >= 0.3 is 0 Å². The first-order valence-corrected chi connectivity index (χ1v) is 8.69. The lowest BCUT2D eigenvalue weighted by molar-refractivity contribution is 0.276. The third-order valence-corrected chi connectivity index (χ3v) is 5.86. The van der Waals surface area contributed by atoms with Crippen LogP contribution in [0.25, 0.3) is 0 Å². The number of hydrogen-bond acceptors (Lipinski definition) is 6. The largest absolute Gasteiger partial charge is 0.374 e. The molecule has 0 radical (unpaired) electrons. The van der Waals surface area contributed by atoms with Crippen LogP contribution in [0.2, 0.25) is 0 Å². The fourth-order valence-corrected chi connectivity index (χ4v) is 4.76. The summed E-state index contributed by atoms with van der Waals surface area (Å²) in [5, 5.41) is 7.45. The van der Waals surface area contributed by atoms with Gasteiger partial charge in [-0.25, -0.2) is 8.42 Å². The van der Waals surface area contributed by atoms with Gasteiger partial charge in [0.25, 0.3) is 10.0 Å². The molecule has 1 aromatic heterocycles. The smallest absolute Gasteiger partial charge is 0.272 e. The minimum Gasteiger partial charge on any atom is -0.374 e. The molecule has 0 bridgehead atoms. The lowest BCUT2D eigenvalue weighted by atomic mass is 10.1. The second-order valence-corrected chi connectivity index (χ2v) is 7.92. The lowest BCUT2D eigenvalue weighted by Gasteiger charge is -2.29. The molecular weight excluding hydrogens is 284 g/mol. The maximum Gasteiger partial charge on any atom is 0.272 e. The van der Waals surface area contributed by atoms with Crippen molar-refractivity contribution in [1.82, 2.24) is 14.5 Å². The molecule has 0 saturated carbocycles. The maximum atomic E-state index is 12.6. The molecule has 2 N–H and O–H groups in total. The van der Waals surface area contributed by atoms with Gasteiger partial charge in [0.15, 0.2) is 0 Å². The number of aromatic nitrogens is 2. The van der Waals surface area contributed by atoms with E-state index in [1.54, 1.807) is 0 Å². The maximum absolute atomic E-state index is 12.6. The molecule has 0 aliphatic carbocycles. The number of rotatable bonds is 7. The predicted molar refractivity (Wildman–Crippen MR) is 77.4 cm³/mol. The van der Waals surface area contributed by atoms with Gasteiger partial charge in [0.1, 0.15) is 0 Å². The van der Waals surface area contributed by atoms with E-state index in [1.807, 2.05) is 27.7 Å². The number of nitrogens with two attached hydrogens (primary N) is 1. The SMILES string of the molecule is CCC(CC)N(CC(C)C)S(=O)(=O)c1nnc(N)s1. The van der Waals surface area contributed by atoms with E-state index in [1.165, 1.54) is 4.31 Å². The van der Waals surface area contributed by atoms with E-state index in [0.29, 0.717) is 6.54 Å². The zero-order valence-electron chi connectivity index (χ0n) is 11.8. The molecule has 8 heteroatoms. The zero-order valence-corrected chi connectivity index (χ0v) is 13.5. The van der Waals surface area contributed by atoms with Crippen molar-refractivity contribution in [2.45, 2.75) is 50.9 Å². The Labute approximate surface area is 119 Å². The standard InChI is InChI=1S/C11H22N4O2S2/c1-5-9(6-2)15(7-8(3)4)19(16,17)11-14-13-10(12)18-11/h8-9H,5-7H2,1-4H3,(H2,12,13). The second kappa shape index (κ2) is 6.62. The molecule has 0 fully saturated rings. The number of nitrogens with zero attached hydrogens (tertiary/aromatic N) is 3. The summed E-state index contributed by atoms with van der Waals surface area (Å²) in [6.07, 6.45) is 1.55. The molecule has 110 valence electrons. The van der Waals surface area contributed by atoms with E-state index < -0.39 is 10.0 Å². The minimum absolute atomic E-state index is 0.0162. The highest BCUT2D eigenvalue weighted by Crippen LogP contribution is 2.25. The lowest BCUT2D eigenvalue weighted by Crippen LogP contribution is -2.41. The van der Waals surface area contributed by atoms with Crippen LogP contribution >= 0.6 is 11.3 Å². The van der Waals surface area contributed by atoms with Gasteiger partial charge in [-0.2, -0.15) is 4.31 Å². The van der Waals surface area contributed by atoms with Gasteiger partial charge in [0, 0.05) is 12.6 Å². The molecule has 1 aromatic rings. The van der Waals surface area contributed by atoms with Crippen LogP contribution in [0.5, 0.6) is 0 Å². The molecule has 1 rings (SSSR count). The molecule has 0 saturated heterocycles. The Morgan fingerprint density at radius 3 is 2.21 bits per heavy atom. The third-order valence-electron chi connectivity index (χ3n) is 2.85. The first-order valence-electron chi connectivity index (χ1n) is 6.43. The first-order chi connectivity index (χ1) is 8.82. The fourth-order valence-electron chi connectivity index (χ4n) is 1.92. The quantitative estimate of drug-likeness (QED) is 0.831. The van der Waals surface area contributed by atoms with Crippen molar-refractivity contribution in [2.75, 3.05) is 12.3 Å². The highest BCUT2D eigenvalue weighted by molar-refractivity contribution is 7.91. The van der Waals surface area contributed by atoms with Crippen LogP contribution in [0.3, 0.4) is 0 Å². The summed E-state index contributed by atoms with van der Waals surface area (Å²) < 4.78 is 26.8. The molecule has 0 unspecified atom stereocenters. The molecule has 0 aromatic carbocycles. The van der Waals surface area contributed by atoms with Crippen molar-refractivity contribution in [3.63, 3.8) is 0 Å². The van der Waals surface area contributed by atoms with Crippen molar-refractivity contribution >= 4 is 26.5 Å². The summed E-state index contributed by atoms with van der Waals surface area (Å²) >= 11 is 0.914. The summed E-state index contributed by atoms with van der Waals surface area (Å²) in [6.45, 7) is 8.46. The average Bonchev–Trinajstić information content (AvgIpc) is 2.76. The summed E-state index contributed by atoms with van der Waals surface area (Å²) in [4.78, 5) is 0. The average molecular weight is 306 g/mol. The topological polar surface area (TPSA) is 89.2 Å². The van der Waals surface area contributed by atoms with Crippen LogP contribution in [-0.2, 0) is 10.0 Å². The number of nitrogen functional groups attached to an aromatic ring is 1. The Hall–Kier alpha value is -0.730. The van der Waals surface area contributed by atoms with Crippen molar-refractivity contribution in [3.8, 4) is 0 Å². The van der Waals surface area contributed by atoms with Crippen LogP contribution in [0.4, 0.5) is 5.13 Å².